The Balaban J connectivity index is 2.61. The summed E-state index contributed by atoms with van der Waals surface area (Å²) in [6, 6.07) is 2.85. The van der Waals surface area contributed by atoms with Crippen molar-refractivity contribution in [1.29, 1.82) is 0 Å². The Morgan fingerprint density at radius 2 is 2.36 bits per heavy atom. The van der Waals surface area contributed by atoms with Gasteiger partial charge in [-0.25, -0.2) is 8.78 Å². The largest absolute Gasteiger partial charge is 0.461 e. The molecule has 0 radical (unpaired) electrons. The Hall–Kier alpha value is -1.45. The molecule has 14 heavy (non-hydrogen) atoms. The molecule has 0 atom stereocenters. The first-order chi connectivity index (χ1) is 6.55. The van der Waals surface area contributed by atoms with E-state index in [9.17, 15) is 13.6 Å². The van der Waals surface area contributed by atoms with Crippen molar-refractivity contribution >= 4 is 5.78 Å². The Kier molecular flexibility index (Phi) is 3.17. The molecule has 2 nitrogen and oxygen atoms in total. The van der Waals surface area contributed by atoms with Gasteiger partial charge in [0.05, 0.1) is 12.7 Å². The molecule has 0 saturated heterocycles. The van der Waals surface area contributed by atoms with Crippen molar-refractivity contribution in [3.63, 3.8) is 0 Å². The third-order valence-electron chi connectivity index (χ3n) is 1.66. The molecule has 0 N–H and O–H groups in total. The van der Waals surface area contributed by atoms with Crippen LogP contribution in [0.25, 0.3) is 0 Å². The lowest BCUT2D eigenvalue weighted by Gasteiger charge is -2.11. The van der Waals surface area contributed by atoms with Crippen LogP contribution in [-0.2, 0) is 0 Å². The highest BCUT2D eigenvalue weighted by molar-refractivity contribution is 5.93. The standard InChI is InChI=1S/C10H10F2O2/c1-2-5-10(11,12)7-8(13)9-4-3-6-14-9/h2-4,6H,1,5,7H2. The van der Waals surface area contributed by atoms with Crippen molar-refractivity contribution in [2.75, 3.05) is 0 Å². The minimum absolute atomic E-state index is 0.0336. The van der Waals surface area contributed by atoms with Crippen LogP contribution in [0.15, 0.2) is 35.5 Å². The van der Waals surface area contributed by atoms with Gasteiger partial charge in [-0.2, -0.15) is 0 Å². The molecule has 1 heterocycles. The number of halogens is 2. The van der Waals surface area contributed by atoms with Gasteiger partial charge in [0.15, 0.2) is 5.76 Å². The van der Waals surface area contributed by atoms with Crippen molar-refractivity contribution in [2.45, 2.75) is 18.8 Å². The van der Waals surface area contributed by atoms with E-state index in [2.05, 4.69) is 6.58 Å². The number of alkyl halides is 2. The molecule has 0 aliphatic carbocycles. The molecule has 0 bridgehead atoms. The van der Waals surface area contributed by atoms with Gasteiger partial charge in [-0.3, -0.25) is 4.79 Å². The van der Waals surface area contributed by atoms with E-state index in [1.54, 1.807) is 0 Å². The Morgan fingerprint density at radius 1 is 1.64 bits per heavy atom. The fourth-order valence-corrected chi connectivity index (χ4v) is 1.04. The van der Waals surface area contributed by atoms with Crippen LogP contribution in [0.4, 0.5) is 8.78 Å². The lowest BCUT2D eigenvalue weighted by Crippen LogP contribution is -2.19. The number of carbonyl (C=O) groups excluding carboxylic acids is 1. The lowest BCUT2D eigenvalue weighted by molar-refractivity contribution is -0.000416. The number of furan rings is 1. The van der Waals surface area contributed by atoms with E-state index in [1.165, 1.54) is 18.4 Å². The van der Waals surface area contributed by atoms with Crippen LogP contribution in [-0.4, -0.2) is 11.7 Å². The molecule has 1 rings (SSSR count). The third-order valence-corrected chi connectivity index (χ3v) is 1.66. The van der Waals surface area contributed by atoms with Crippen LogP contribution in [0, 0.1) is 0 Å². The molecule has 76 valence electrons. The highest BCUT2D eigenvalue weighted by Gasteiger charge is 2.31. The normalized spacial score (nSPS) is 11.3. The lowest BCUT2D eigenvalue weighted by atomic mass is 10.1. The zero-order chi connectivity index (χ0) is 10.6. The van der Waals surface area contributed by atoms with E-state index >= 15 is 0 Å². The number of carbonyl (C=O) groups is 1. The summed E-state index contributed by atoms with van der Waals surface area (Å²) in [5, 5.41) is 0. The number of hydrogen-bond acceptors (Lipinski definition) is 2. The smallest absolute Gasteiger partial charge is 0.258 e. The van der Waals surface area contributed by atoms with Crippen LogP contribution in [0.2, 0.25) is 0 Å². The fourth-order valence-electron chi connectivity index (χ4n) is 1.04. The summed E-state index contributed by atoms with van der Waals surface area (Å²) >= 11 is 0. The highest BCUT2D eigenvalue weighted by atomic mass is 19.3. The number of allylic oxidation sites excluding steroid dienone is 1. The fraction of sp³-hybridized carbons (Fsp3) is 0.300. The molecule has 0 unspecified atom stereocenters. The van der Waals surface area contributed by atoms with Gasteiger partial charge in [0, 0.05) is 6.42 Å². The van der Waals surface area contributed by atoms with Crippen LogP contribution in [0.1, 0.15) is 23.4 Å². The Labute approximate surface area is 80.2 Å². The van der Waals surface area contributed by atoms with Crippen molar-refractivity contribution in [3.8, 4) is 0 Å². The summed E-state index contributed by atoms with van der Waals surface area (Å²) < 4.78 is 30.6. The van der Waals surface area contributed by atoms with Gasteiger partial charge in [-0.15, -0.1) is 6.58 Å². The van der Waals surface area contributed by atoms with Gasteiger partial charge in [-0.05, 0) is 12.1 Å². The van der Waals surface area contributed by atoms with Crippen LogP contribution < -0.4 is 0 Å². The third kappa shape index (κ3) is 2.80. The van der Waals surface area contributed by atoms with E-state index in [1.807, 2.05) is 0 Å². The minimum atomic E-state index is -3.04. The second-order valence-corrected chi connectivity index (χ2v) is 2.93. The first-order valence-electron chi connectivity index (χ1n) is 4.10. The summed E-state index contributed by atoms with van der Waals surface area (Å²) in [7, 11) is 0. The SMILES string of the molecule is C=CCC(F)(F)CC(=O)c1ccco1. The van der Waals surface area contributed by atoms with Gasteiger partial charge in [0.1, 0.15) is 0 Å². The highest BCUT2D eigenvalue weighted by Crippen LogP contribution is 2.25. The van der Waals surface area contributed by atoms with Gasteiger partial charge < -0.3 is 4.42 Å². The molecule has 0 aromatic carbocycles. The number of ketones is 1. The molecular weight excluding hydrogens is 190 g/mol. The average molecular weight is 200 g/mol. The minimum Gasteiger partial charge on any atom is -0.461 e. The number of hydrogen-bond donors (Lipinski definition) is 0. The predicted molar refractivity (Wildman–Crippen MR) is 47.4 cm³/mol. The van der Waals surface area contributed by atoms with Gasteiger partial charge in [-0.1, -0.05) is 6.08 Å². The molecule has 0 aliphatic heterocycles. The van der Waals surface area contributed by atoms with Gasteiger partial charge >= 0.3 is 0 Å². The van der Waals surface area contributed by atoms with Crippen LogP contribution in [0.5, 0.6) is 0 Å². The average Bonchev–Trinajstić information content (AvgIpc) is 2.53. The van der Waals surface area contributed by atoms with E-state index in [4.69, 9.17) is 4.42 Å². The van der Waals surface area contributed by atoms with Crippen molar-refractivity contribution < 1.29 is 18.0 Å². The Bertz CT molecular complexity index is 315. The number of Topliss-reactive ketones (excluding diaryl/α,β-unsaturated/α-hetero) is 1. The predicted octanol–water partition coefficient (Wildman–Crippen LogP) is 3.06. The summed E-state index contributed by atoms with van der Waals surface area (Å²) in [4.78, 5) is 11.2. The topological polar surface area (TPSA) is 30.2 Å². The molecule has 0 saturated carbocycles. The molecule has 4 heteroatoms. The monoisotopic (exact) mass is 200 g/mol. The molecule has 1 aromatic rings. The second kappa shape index (κ2) is 4.17. The van der Waals surface area contributed by atoms with Crippen molar-refractivity contribution in [1.82, 2.24) is 0 Å². The molecule has 1 aromatic heterocycles. The van der Waals surface area contributed by atoms with E-state index < -0.39 is 24.5 Å². The maximum absolute atomic E-state index is 12.9. The van der Waals surface area contributed by atoms with Crippen LogP contribution >= 0.6 is 0 Å². The maximum atomic E-state index is 12.9. The van der Waals surface area contributed by atoms with Crippen molar-refractivity contribution in [2.24, 2.45) is 0 Å². The van der Waals surface area contributed by atoms with E-state index in [-0.39, 0.29) is 5.76 Å². The summed E-state index contributed by atoms with van der Waals surface area (Å²) in [5.74, 6) is -3.76. The summed E-state index contributed by atoms with van der Waals surface area (Å²) in [6.45, 7) is 3.20. The zero-order valence-electron chi connectivity index (χ0n) is 7.50. The first-order valence-corrected chi connectivity index (χ1v) is 4.10. The molecule has 0 amide bonds. The molecule has 0 aliphatic rings. The molecule has 0 fully saturated rings. The molecular formula is C10H10F2O2. The summed E-state index contributed by atoms with van der Waals surface area (Å²) in [6.07, 6.45) is 1.03. The van der Waals surface area contributed by atoms with Crippen LogP contribution in [0.3, 0.4) is 0 Å². The van der Waals surface area contributed by atoms with E-state index in [0.29, 0.717) is 0 Å². The Morgan fingerprint density at radius 3 is 2.86 bits per heavy atom. The summed E-state index contributed by atoms with van der Waals surface area (Å²) in [5.41, 5.74) is 0. The maximum Gasteiger partial charge on any atom is 0.258 e. The van der Waals surface area contributed by atoms with E-state index in [0.717, 1.165) is 6.08 Å². The first kappa shape index (κ1) is 10.6. The quantitative estimate of drug-likeness (QED) is 0.540. The van der Waals surface area contributed by atoms with Gasteiger partial charge in [0.25, 0.3) is 5.92 Å². The van der Waals surface area contributed by atoms with Gasteiger partial charge in [0.2, 0.25) is 5.78 Å². The number of rotatable bonds is 5. The van der Waals surface area contributed by atoms with Crippen molar-refractivity contribution in [3.05, 3.63) is 36.8 Å². The second-order valence-electron chi connectivity index (χ2n) is 2.93. The molecule has 0 spiro atoms. The zero-order valence-corrected chi connectivity index (χ0v) is 7.50.